The quantitative estimate of drug-likeness (QED) is 0.256. The van der Waals surface area contributed by atoms with Gasteiger partial charge in [0.05, 0.1) is 22.1 Å². The molecule has 0 fully saturated rings. The molecular formula is C31H22N2. The summed E-state index contributed by atoms with van der Waals surface area (Å²) in [4.78, 5) is 0. The first-order valence-electron chi connectivity index (χ1n) is 11.7. The SMILES string of the molecule is CC12C=C(n3c4ccccc4c4ccccc43)C=CC1c1cccc3c4ccccc4n2c13. The number of nitrogens with zero attached hydrogens (tertiary/aromatic N) is 2. The highest BCUT2D eigenvalue weighted by atomic mass is 15.1. The Labute approximate surface area is 191 Å². The van der Waals surface area contributed by atoms with Gasteiger partial charge in [-0.3, -0.25) is 0 Å². The molecule has 2 aromatic heterocycles. The van der Waals surface area contributed by atoms with Crippen molar-refractivity contribution in [1.82, 2.24) is 9.13 Å². The molecule has 0 spiro atoms. The van der Waals surface area contributed by atoms with Crippen molar-refractivity contribution >= 4 is 49.3 Å². The monoisotopic (exact) mass is 422 g/mol. The number of hydrogen-bond donors (Lipinski definition) is 0. The van der Waals surface area contributed by atoms with Gasteiger partial charge in [-0.15, -0.1) is 0 Å². The van der Waals surface area contributed by atoms with Gasteiger partial charge in [-0.1, -0.05) is 78.9 Å². The lowest BCUT2D eigenvalue weighted by Crippen LogP contribution is -2.31. The first kappa shape index (κ1) is 17.5. The molecule has 2 unspecified atom stereocenters. The highest BCUT2D eigenvalue weighted by Gasteiger charge is 2.44. The van der Waals surface area contributed by atoms with Crippen LogP contribution in [-0.2, 0) is 5.54 Å². The van der Waals surface area contributed by atoms with Crippen LogP contribution in [0.5, 0.6) is 0 Å². The summed E-state index contributed by atoms with van der Waals surface area (Å²) in [6, 6.07) is 33.2. The zero-order chi connectivity index (χ0) is 21.7. The van der Waals surface area contributed by atoms with Crippen molar-refractivity contribution in [1.29, 1.82) is 0 Å². The van der Waals surface area contributed by atoms with Crippen molar-refractivity contribution < 1.29 is 0 Å². The van der Waals surface area contributed by atoms with Gasteiger partial charge < -0.3 is 9.13 Å². The number of rotatable bonds is 1. The van der Waals surface area contributed by atoms with Gasteiger partial charge in [0.15, 0.2) is 0 Å². The third-order valence-corrected chi connectivity index (χ3v) is 7.91. The molecule has 33 heavy (non-hydrogen) atoms. The van der Waals surface area contributed by atoms with E-state index in [1.54, 1.807) is 0 Å². The second-order valence-corrected chi connectivity index (χ2v) is 9.60. The Morgan fingerprint density at radius 1 is 0.636 bits per heavy atom. The van der Waals surface area contributed by atoms with Crippen molar-refractivity contribution in [3.8, 4) is 0 Å². The minimum Gasteiger partial charge on any atom is -0.330 e. The molecule has 0 bridgehead atoms. The molecule has 2 heteroatoms. The predicted octanol–water partition coefficient (Wildman–Crippen LogP) is 7.83. The largest absolute Gasteiger partial charge is 0.330 e. The maximum absolute atomic E-state index is 2.59. The summed E-state index contributed by atoms with van der Waals surface area (Å²) in [5.41, 5.74) is 7.73. The van der Waals surface area contributed by atoms with Crippen LogP contribution in [0.2, 0.25) is 0 Å². The standard InChI is InChI=1S/C31H22N2/c1-31-19-20(32-27-14-5-2-9-21(27)22-10-3-6-15-28(22)32)17-18-26(31)25-13-8-12-24-23-11-4-7-16-29(23)33(31)30(24)25/h2-19,26H,1H3. The summed E-state index contributed by atoms with van der Waals surface area (Å²) < 4.78 is 5.03. The Hall–Kier alpha value is -4.04. The van der Waals surface area contributed by atoms with Gasteiger partial charge >= 0.3 is 0 Å². The van der Waals surface area contributed by atoms with Gasteiger partial charge in [0, 0.05) is 38.7 Å². The third kappa shape index (κ3) is 2.00. The Bertz CT molecular complexity index is 1790. The van der Waals surface area contributed by atoms with E-state index in [4.69, 9.17) is 0 Å². The summed E-state index contributed by atoms with van der Waals surface area (Å²) in [5.74, 6) is 0.331. The van der Waals surface area contributed by atoms with Crippen LogP contribution < -0.4 is 0 Å². The fraction of sp³-hybridized carbons (Fsp3) is 0.0968. The molecule has 0 saturated carbocycles. The van der Waals surface area contributed by atoms with Gasteiger partial charge in [-0.25, -0.2) is 0 Å². The lowest BCUT2D eigenvalue weighted by atomic mass is 9.79. The molecule has 156 valence electrons. The molecule has 1 aliphatic heterocycles. The zero-order valence-corrected chi connectivity index (χ0v) is 18.4. The van der Waals surface area contributed by atoms with E-state index in [0.29, 0.717) is 5.92 Å². The summed E-state index contributed by atoms with van der Waals surface area (Å²) >= 11 is 0. The van der Waals surface area contributed by atoms with Crippen LogP contribution in [0.25, 0.3) is 49.3 Å². The number of fused-ring (bicyclic) bond motifs is 9. The number of allylic oxidation sites excluding steroid dienone is 4. The number of para-hydroxylation sites is 4. The molecule has 8 rings (SSSR count). The van der Waals surface area contributed by atoms with Crippen LogP contribution in [0.4, 0.5) is 0 Å². The maximum atomic E-state index is 2.59. The highest BCUT2D eigenvalue weighted by molar-refractivity contribution is 6.12. The molecule has 3 heterocycles. The fourth-order valence-corrected chi connectivity index (χ4v) is 6.59. The van der Waals surface area contributed by atoms with Gasteiger partial charge in [0.1, 0.15) is 0 Å². The van der Waals surface area contributed by atoms with Crippen LogP contribution in [0, 0.1) is 0 Å². The molecule has 2 aliphatic rings. The van der Waals surface area contributed by atoms with E-state index in [1.165, 1.54) is 54.9 Å². The molecular weight excluding hydrogens is 400 g/mol. The van der Waals surface area contributed by atoms with E-state index < -0.39 is 0 Å². The predicted molar refractivity (Wildman–Crippen MR) is 139 cm³/mol. The first-order chi connectivity index (χ1) is 16.3. The lowest BCUT2D eigenvalue weighted by molar-refractivity contribution is 0.414. The van der Waals surface area contributed by atoms with Crippen LogP contribution in [-0.4, -0.2) is 9.13 Å². The number of benzene rings is 4. The Balaban J connectivity index is 1.47. The molecule has 2 atom stereocenters. The van der Waals surface area contributed by atoms with Crippen LogP contribution in [0.3, 0.4) is 0 Å². The van der Waals surface area contributed by atoms with Crippen molar-refractivity contribution in [2.24, 2.45) is 0 Å². The van der Waals surface area contributed by atoms with Crippen molar-refractivity contribution in [2.45, 2.75) is 18.4 Å². The van der Waals surface area contributed by atoms with E-state index in [0.717, 1.165) is 0 Å². The van der Waals surface area contributed by atoms with Crippen LogP contribution >= 0.6 is 0 Å². The molecule has 0 N–H and O–H groups in total. The highest BCUT2D eigenvalue weighted by Crippen LogP contribution is 2.53. The van der Waals surface area contributed by atoms with Crippen LogP contribution in [0.15, 0.2) is 109 Å². The van der Waals surface area contributed by atoms with E-state index in [2.05, 4.69) is 125 Å². The minimum atomic E-state index is -0.165. The molecule has 6 aromatic rings. The van der Waals surface area contributed by atoms with Crippen LogP contribution in [0.1, 0.15) is 18.4 Å². The Morgan fingerprint density at radius 2 is 1.21 bits per heavy atom. The summed E-state index contributed by atoms with van der Waals surface area (Å²) in [6.45, 7) is 2.40. The molecule has 0 amide bonds. The molecule has 1 aliphatic carbocycles. The van der Waals surface area contributed by atoms with E-state index in [-0.39, 0.29) is 5.54 Å². The fourth-order valence-electron chi connectivity index (χ4n) is 6.59. The van der Waals surface area contributed by atoms with Gasteiger partial charge in [0.25, 0.3) is 0 Å². The molecule has 0 radical (unpaired) electrons. The van der Waals surface area contributed by atoms with Crippen molar-refractivity contribution in [3.05, 3.63) is 115 Å². The molecule has 2 nitrogen and oxygen atoms in total. The Kier molecular flexibility index (Phi) is 3.10. The maximum Gasteiger partial charge on any atom is 0.0732 e. The van der Waals surface area contributed by atoms with Gasteiger partial charge in [-0.2, -0.15) is 0 Å². The van der Waals surface area contributed by atoms with E-state index >= 15 is 0 Å². The summed E-state index contributed by atoms with van der Waals surface area (Å²) in [6.07, 6.45) is 7.26. The topological polar surface area (TPSA) is 9.86 Å². The normalized spacial score (nSPS) is 21.4. The number of hydrogen-bond acceptors (Lipinski definition) is 0. The molecule has 4 aromatic carbocycles. The van der Waals surface area contributed by atoms with Gasteiger partial charge in [-0.05, 0) is 42.8 Å². The van der Waals surface area contributed by atoms with E-state index in [1.807, 2.05) is 0 Å². The smallest absolute Gasteiger partial charge is 0.0732 e. The first-order valence-corrected chi connectivity index (χ1v) is 11.7. The number of aromatic nitrogens is 2. The van der Waals surface area contributed by atoms with E-state index in [9.17, 15) is 0 Å². The summed E-state index contributed by atoms with van der Waals surface area (Å²) in [7, 11) is 0. The Morgan fingerprint density at radius 3 is 1.91 bits per heavy atom. The second kappa shape index (κ2) is 5.85. The molecule has 0 saturated heterocycles. The van der Waals surface area contributed by atoms with Crippen molar-refractivity contribution in [2.75, 3.05) is 0 Å². The minimum absolute atomic E-state index is 0.165. The van der Waals surface area contributed by atoms with Gasteiger partial charge in [0.2, 0.25) is 0 Å². The summed E-state index contributed by atoms with van der Waals surface area (Å²) in [5, 5.41) is 5.31. The van der Waals surface area contributed by atoms with Crippen molar-refractivity contribution in [3.63, 3.8) is 0 Å². The third-order valence-electron chi connectivity index (χ3n) is 7.91. The average Bonchev–Trinajstić information content (AvgIpc) is 3.46. The zero-order valence-electron chi connectivity index (χ0n) is 18.4. The second-order valence-electron chi connectivity index (χ2n) is 9.60. The average molecular weight is 423 g/mol. The lowest BCUT2D eigenvalue weighted by Gasteiger charge is -2.34.